The minimum Gasteiger partial charge on any atom is -0.478 e. The smallest absolute Gasteiger partial charge is 0.373 e. The van der Waals surface area contributed by atoms with E-state index in [0.29, 0.717) is 27.8 Å². The molecule has 3 fully saturated rings. The van der Waals surface area contributed by atoms with Crippen molar-refractivity contribution in [1.29, 1.82) is 0 Å². The highest BCUT2D eigenvalue weighted by Gasteiger charge is 2.74. The first-order valence-electron chi connectivity index (χ1n) is 36.6. The third kappa shape index (κ3) is 15.8. The summed E-state index contributed by atoms with van der Waals surface area (Å²) in [7, 11) is 0. The van der Waals surface area contributed by atoms with Gasteiger partial charge in [0.2, 0.25) is 23.6 Å². The van der Waals surface area contributed by atoms with Crippen molar-refractivity contribution < 1.29 is 77.6 Å². The van der Waals surface area contributed by atoms with Crippen molar-refractivity contribution in [3.63, 3.8) is 0 Å². The molecule has 128 heavy (non-hydrogen) atoms. The van der Waals surface area contributed by atoms with Crippen LogP contribution in [-0.4, -0.2) is 93.6 Å². The van der Waals surface area contributed by atoms with Crippen LogP contribution in [0.2, 0.25) is 0 Å². The van der Waals surface area contributed by atoms with Gasteiger partial charge in [-0.2, -0.15) is 28.8 Å². The molecule has 0 radical (unpaired) electrons. The topological polar surface area (TPSA) is 445 Å². The molecule has 3 N–H and O–H groups in total. The summed E-state index contributed by atoms with van der Waals surface area (Å²) in [5.74, 6) is 15.8. The number of rotatable bonds is 9. The molecule has 4 aromatic heterocycles. The van der Waals surface area contributed by atoms with Crippen LogP contribution in [0, 0.1) is 121 Å². The molecule has 2 aliphatic heterocycles. The number of carboxylic acid groups (broad SMARTS) is 3. The average Bonchev–Trinajstić information content (AvgIpc) is 1.48. The fourth-order valence-electron chi connectivity index (χ4n) is 15.1. The predicted molar refractivity (Wildman–Crippen MR) is 455 cm³/mol. The van der Waals surface area contributed by atoms with Crippen molar-refractivity contribution in [3.05, 3.63) is 355 Å². The van der Waals surface area contributed by atoms with Gasteiger partial charge < -0.3 is 15.3 Å². The van der Waals surface area contributed by atoms with Gasteiger partial charge in [0.25, 0.3) is 44.5 Å². The maximum Gasteiger partial charge on any atom is 0.373 e. The number of hydrogen-bond acceptors (Lipinski definition) is 21. The Kier molecular flexibility index (Phi) is 24.8. The van der Waals surface area contributed by atoms with Crippen molar-refractivity contribution >= 4 is 114 Å². The molecule has 0 spiro atoms. The number of benzene rings is 10. The molecule has 4 atom stereocenters. The molecule has 1 aliphatic carbocycles. The lowest BCUT2D eigenvalue weighted by molar-refractivity contribution is -0.193. The van der Waals surface area contributed by atoms with E-state index in [1.54, 1.807) is 109 Å². The van der Waals surface area contributed by atoms with E-state index in [4.69, 9.17) is 67.3 Å². The fraction of sp³-hybridized carbons (Fsp3) is 0.0408. The molecule has 17 rings (SSSR count). The maximum atomic E-state index is 14.5. The molecule has 30 nitrogen and oxygen atoms in total. The zero-order valence-corrected chi connectivity index (χ0v) is 64.9. The molecule has 30 heteroatoms. The lowest BCUT2D eigenvalue weighted by Crippen LogP contribution is -2.50. The molecule has 0 bridgehead atoms. The van der Waals surface area contributed by atoms with E-state index >= 15 is 0 Å². The second-order valence-electron chi connectivity index (χ2n) is 27.3. The molecule has 4 unspecified atom stereocenters. The number of carboxylic acids is 3. The monoisotopic (exact) mass is 1690 g/mol. The lowest BCUT2D eigenvalue weighted by atomic mass is 9.59. The van der Waals surface area contributed by atoms with Gasteiger partial charge in [0.15, 0.2) is 0 Å². The summed E-state index contributed by atoms with van der Waals surface area (Å²) < 4.78 is 3.39. The van der Waals surface area contributed by atoms with Crippen LogP contribution in [0.15, 0.2) is 239 Å². The van der Waals surface area contributed by atoms with Crippen LogP contribution in [-0.2, 0) is 47.9 Å². The van der Waals surface area contributed by atoms with Crippen molar-refractivity contribution in [3.8, 4) is 120 Å². The zero-order chi connectivity index (χ0) is 92.5. The van der Waals surface area contributed by atoms with Crippen molar-refractivity contribution in [2.45, 2.75) is 0 Å². The zero-order valence-electron chi connectivity index (χ0n) is 64.9. The minimum atomic E-state index is -1.34. The molecule has 4 amide bonds. The largest absolute Gasteiger partial charge is 0.478 e. The normalized spacial score (nSPS) is 13.9. The van der Waals surface area contributed by atoms with E-state index < -0.39 is 110 Å². The van der Waals surface area contributed by atoms with Gasteiger partial charge in [-0.1, -0.05) is 114 Å². The average molecular weight is 1690 g/mol. The Labute approximate surface area is 716 Å². The Morgan fingerprint density at radius 2 is 0.484 bits per heavy atom. The molecule has 1 saturated carbocycles. The first-order chi connectivity index (χ1) is 61.5. The van der Waals surface area contributed by atoms with Crippen molar-refractivity contribution in [2.75, 3.05) is 9.80 Å². The number of terminal acetylenes is 6. The summed E-state index contributed by atoms with van der Waals surface area (Å²) in [6.07, 6.45) is 33.5. The molecule has 10 aromatic carbocycles. The third-order valence-electron chi connectivity index (χ3n) is 20.4. The summed E-state index contributed by atoms with van der Waals surface area (Å²) >= 11 is 0. The number of fused-ring (bicyclic) bond motifs is 8. The number of imide groups is 2. The second-order valence-corrected chi connectivity index (χ2v) is 27.3. The quantitative estimate of drug-likeness (QED) is 0.120. The van der Waals surface area contributed by atoms with E-state index in [2.05, 4.69) is 59.2 Å². The van der Waals surface area contributed by atoms with Gasteiger partial charge in [0.05, 0.1) is 129 Å². The number of anilines is 2. The first kappa shape index (κ1) is 87.4. The van der Waals surface area contributed by atoms with E-state index in [1.807, 2.05) is 0 Å². The number of aromatic carboxylic acids is 3. The number of carbonyl (C=O) groups excluding carboxylic acids is 10. The molecular formula is C98H46N6O24. The summed E-state index contributed by atoms with van der Waals surface area (Å²) in [6.45, 7) is 0. The van der Waals surface area contributed by atoms with Crippen LogP contribution in [0.3, 0.4) is 0 Å². The van der Waals surface area contributed by atoms with Gasteiger partial charge in [0.1, 0.15) is 0 Å². The van der Waals surface area contributed by atoms with Crippen LogP contribution in [0.1, 0.15) is 86.7 Å². The van der Waals surface area contributed by atoms with Crippen LogP contribution in [0.5, 0.6) is 0 Å². The third-order valence-corrected chi connectivity index (χ3v) is 20.4. The maximum absolute atomic E-state index is 14.5. The van der Waals surface area contributed by atoms with Crippen LogP contribution in [0.4, 0.5) is 11.4 Å². The van der Waals surface area contributed by atoms with Gasteiger partial charge >= 0.3 is 36.4 Å². The highest BCUT2D eigenvalue weighted by Crippen LogP contribution is 2.58. The summed E-state index contributed by atoms with van der Waals surface area (Å²) in [5.41, 5.74) is -3.80. The molecule has 2 saturated heterocycles. The predicted octanol–water partition coefficient (Wildman–Crippen LogP) is 5.42. The highest BCUT2D eigenvalue weighted by atomic mass is 16.4. The van der Waals surface area contributed by atoms with E-state index in [9.17, 15) is 87.2 Å². The number of hydrogen-bond donors (Lipinski definition) is 3. The number of amides is 4. The number of aromatic nitrogens is 4. The van der Waals surface area contributed by atoms with Gasteiger partial charge in [-0.15, -0.1) is 38.5 Å². The minimum absolute atomic E-state index is 0.00352. The Bertz CT molecular complexity index is 7980. The van der Waals surface area contributed by atoms with Gasteiger partial charge in [-0.25, -0.2) is 42.5 Å². The molecule has 14 aromatic rings. The summed E-state index contributed by atoms with van der Waals surface area (Å²) in [4.78, 5) is 249. The van der Waals surface area contributed by atoms with Crippen LogP contribution < -0.4 is 54.3 Å². The molecule has 6 heterocycles. The van der Waals surface area contributed by atoms with Crippen molar-refractivity contribution in [1.82, 2.24) is 18.3 Å². The number of nitrogens with zero attached hydrogens (tertiary/aromatic N) is 6. The van der Waals surface area contributed by atoms with E-state index in [0.717, 1.165) is 40.2 Å². The Morgan fingerprint density at radius 3 is 0.781 bits per heavy atom. The van der Waals surface area contributed by atoms with E-state index in [1.165, 1.54) is 78.9 Å². The number of carbonyl (C=O) groups is 7. The van der Waals surface area contributed by atoms with Gasteiger partial charge in [-0.3, -0.25) is 57.5 Å². The van der Waals surface area contributed by atoms with Gasteiger partial charge in [0, 0.05) is 44.5 Å². The van der Waals surface area contributed by atoms with Crippen LogP contribution >= 0.6 is 0 Å². The molecular weight excluding hydrogens is 1650 g/mol. The standard InChI is InChI=1S/C43H20N2O6.C27H12N2O6.C25H14N2O6.3CO2/c1-3-26-16-11-17-31(23-26)44-39(46)35-33(20-18-28-12-7-5-8-13-28)37-38(34(36(35)40(44)47)21-19-29-14-9-6-10-15-29)42(49)45(41(37)48)32-24-27(4-2)22-30(25-32)43(50)51;1-3-14-6-5-7-17(9-14)28-23(30)19-12-21-22(13-20(19)24(28)31)26(33)29(25(21)32)18-10-15(4-2)8-16(11-18)27(34)35;1-3-12-6-5-7-15(9-12)26-21(28)17-18(22(26)29)20-19(17)23(30)27(24(20)31)16-10-13(4-2)8-14(11-16)25(32)33;3*2-1-3/h1-2,5-17,22-25H,(H,50,51);1-2,5-13H,(H,34,35);1-2,5-11,17-20H,(H,32,33);;;. The van der Waals surface area contributed by atoms with Gasteiger partial charge in [-0.05, 0) is 146 Å². The second kappa shape index (κ2) is 36.3. The highest BCUT2D eigenvalue weighted by molar-refractivity contribution is 6.32. The summed E-state index contributed by atoms with van der Waals surface area (Å²) in [5, 5.41) is 27.3. The van der Waals surface area contributed by atoms with Crippen molar-refractivity contribution in [2.24, 2.45) is 23.7 Å². The SMILES string of the molecule is C#Cc1cccc(-n2c(=O)c3c(C#Cc4ccccc4)c4c(=O)n(-c5cc(C#C)cc(C(=O)O)c5)c(=O)c4c(C#Cc4ccccc4)c3c2=O)c1.C#Cc1cccc(-n2c(=O)c3cc4c(=O)n(-c5cc(C#C)cc(C(=O)O)c5)c(=O)c4cc3c2=O)c1.C#Cc1cccc(N2C(=O)C3C(C2=O)C2C(=O)N(c4cc(C#C)cc(C(=O)O)c4)C(=O)C32)c1.O=C=O.O=C=O.O=C=O. The lowest BCUT2D eigenvalue weighted by Gasteiger charge is -2.36. The van der Waals surface area contributed by atoms with Crippen LogP contribution in [0.25, 0.3) is 65.8 Å². The fourth-order valence-corrected chi connectivity index (χ4v) is 15.1. The van der Waals surface area contributed by atoms with E-state index in [-0.39, 0.29) is 140 Å². The Hall–Kier alpha value is -19.9. The Balaban J connectivity index is 0.000000171. The molecule has 3 aliphatic rings. The first-order valence-corrected chi connectivity index (χ1v) is 36.6. The summed E-state index contributed by atoms with van der Waals surface area (Å²) in [6, 6.07) is 50.0. The Morgan fingerprint density at radius 1 is 0.250 bits per heavy atom. The molecule has 612 valence electrons.